The van der Waals surface area contributed by atoms with E-state index in [1.807, 2.05) is 0 Å². The number of aromatic nitrogens is 1. The van der Waals surface area contributed by atoms with Crippen molar-refractivity contribution in [3.8, 4) is 11.1 Å². The molecule has 0 spiro atoms. The molecule has 0 bridgehead atoms. The molecule has 4 N–H and O–H groups in total. The van der Waals surface area contributed by atoms with Gasteiger partial charge in [0.05, 0.1) is 5.56 Å². The molecular weight excluding hydrogens is 255 g/mol. The number of nitrogens with zero attached hydrogens (tertiary/aromatic N) is 1. The van der Waals surface area contributed by atoms with E-state index in [-0.39, 0.29) is 11.6 Å². The van der Waals surface area contributed by atoms with Crippen LogP contribution in [-0.2, 0) is 6.18 Å². The molecule has 19 heavy (non-hydrogen) atoms. The van der Waals surface area contributed by atoms with Gasteiger partial charge >= 0.3 is 6.18 Å². The van der Waals surface area contributed by atoms with Crippen LogP contribution in [0.25, 0.3) is 11.1 Å². The van der Waals surface area contributed by atoms with Gasteiger partial charge in [0.25, 0.3) is 0 Å². The van der Waals surface area contributed by atoms with Gasteiger partial charge in [-0.05, 0) is 42.3 Å². The van der Waals surface area contributed by atoms with Crippen molar-refractivity contribution in [2.24, 2.45) is 0 Å². The maximum Gasteiger partial charge on any atom is 0.416 e. The number of anilines is 2. The molecule has 0 aliphatic heterocycles. The molecule has 0 amide bonds. The second-order valence-corrected chi connectivity index (χ2v) is 4.20. The first-order valence-electron chi connectivity index (χ1n) is 5.49. The summed E-state index contributed by atoms with van der Waals surface area (Å²) in [5.41, 5.74) is 12.2. The largest absolute Gasteiger partial charge is 0.416 e. The van der Waals surface area contributed by atoms with Gasteiger partial charge < -0.3 is 11.5 Å². The third-order valence-corrected chi connectivity index (χ3v) is 2.79. The van der Waals surface area contributed by atoms with Crippen molar-refractivity contribution in [2.75, 3.05) is 11.5 Å². The molecule has 0 radical (unpaired) electrons. The number of halogens is 3. The highest BCUT2D eigenvalue weighted by Gasteiger charge is 2.30. The van der Waals surface area contributed by atoms with Crippen LogP contribution >= 0.6 is 0 Å². The maximum atomic E-state index is 12.6. The Hall–Kier alpha value is -2.24. The van der Waals surface area contributed by atoms with E-state index < -0.39 is 11.7 Å². The average molecular weight is 267 g/mol. The molecule has 6 heteroatoms. The van der Waals surface area contributed by atoms with Crippen LogP contribution in [-0.4, -0.2) is 4.98 Å². The standard InChI is InChI=1S/C13H12F3N3/c1-7-6-8(13(14,15)16)2-3-9(7)10-4-5-11(17)19-12(10)18/h2-6H,1H3,(H4,17,18,19). The Kier molecular flexibility index (Phi) is 3.09. The molecule has 1 aromatic heterocycles. The lowest BCUT2D eigenvalue weighted by Gasteiger charge is -2.12. The summed E-state index contributed by atoms with van der Waals surface area (Å²) in [6, 6.07) is 6.71. The van der Waals surface area contributed by atoms with Gasteiger partial charge in [-0.2, -0.15) is 13.2 Å². The molecule has 0 saturated carbocycles. The number of hydrogen-bond acceptors (Lipinski definition) is 3. The zero-order valence-corrected chi connectivity index (χ0v) is 10.1. The predicted molar refractivity (Wildman–Crippen MR) is 68.2 cm³/mol. The minimum atomic E-state index is -4.35. The Morgan fingerprint density at radius 1 is 1.00 bits per heavy atom. The van der Waals surface area contributed by atoms with E-state index in [0.29, 0.717) is 16.7 Å². The number of nitrogen functional groups attached to an aromatic ring is 2. The summed E-state index contributed by atoms with van der Waals surface area (Å²) in [6.45, 7) is 1.60. The van der Waals surface area contributed by atoms with E-state index in [4.69, 9.17) is 11.5 Å². The van der Waals surface area contributed by atoms with E-state index in [9.17, 15) is 13.2 Å². The molecule has 0 saturated heterocycles. The third-order valence-electron chi connectivity index (χ3n) is 2.79. The van der Waals surface area contributed by atoms with Crippen molar-refractivity contribution in [1.82, 2.24) is 4.98 Å². The fourth-order valence-corrected chi connectivity index (χ4v) is 1.86. The Morgan fingerprint density at radius 2 is 1.63 bits per heavy atom. The molecular formula is C13H12F3N3. The summed E-state index contributed by atoms with van der Waals surface area (Å²) in [5, 5.41) is 0. The Labute approximate surface area is 108 Å². The summed E-state index contributed by atoms with van der Waals surface area (Å²) >= 11 is 0. The second-order valence-electron chi connectivity index (χ2n) is 4.20. The molecule has 0 unspecified atom stereocenters. The number of alkyl halides is 3. The first-order valence-corrected chi connectivity index (χ1v) is 5.49. The molecule has 0 atom stereocenters. The zero-order valence-electron chi connectivity index (χ0n) is 10.1. The van der Waals surface area contributed by atoms with Crippen LogP contribution in [0.3, 0.4) is 0 Å². The van der Waals surface area contributed by atoms with Gasteiger partial charge in [0.15, 0.2) is 0 Å². The number of pyridine rings is 1. The van der Waals surface area contributed by atoms with Gasteiger partial charge in [-0.3, -0.25) is 0 Å². The number of rotatable bonds is 1. The van der Waals surface area contributed by atoms with Crippen LogP contribution in [0.2, 0.25) is 0 Å². The van der Waals surface area contributed by atoms with Crippen molar-refractivity contribution in [1.29, 1.82) is 0 Å². The van der Waals surface area contributed by atoms with Crippen LogP contribution in [0.1, 0.15) is 11.1 Å². The lowest BCUT2D eigenvalue weighted by molar-refractivity contribution is -0.137. The highest BCUT2D eigenvalue weighted by atomic mass is 19.4. The smallest absolute Gasteiger partial charge is 0.384 e. The summed E-state index contributed by atoms with van der Waals surface area (Å²) in [4.78, 5) is 3.90. The van der Waals surface area contributed by atoms with Crippen LogP contribution in [0.4, 0.5) is 24.8 Å². The molecule has 2 rings (SSSR count). The first-order chi connectivity index (χ1) is 8.79. The number of hydrogen-bond donors (Lipinski definition) is 2. The van der Waals surface area contributed by atoms with Crippen molar-refractivity contribution in [3.05, 3.63) is 41.5 Å². The molecule has 1 heterocycles. The van der Waals surface area contributed by atoms with Gasteiger partial charge in [0.1, 0.15) is 11.6 Å². The monoisotopic (exact) mass is 267 g/mol. The van der Waals surface area contributed by atoms with Gasteiger partial charge in [-0.1, -0.05) is 6.07 Å². The van der Waals surface area contributed by atoms with Gasteiger partial charge in [0, 0.05) is 5.56 Å². The topological polar surface area (TPSA) is 64.9 Å². The van der Waals surface area contributed by atoms with Crippen LogP contribution in [0, 0.1) is 6.92 Å². The van der Waals surface area contributed by atoms with Crippen molar-refractivity contribution >= 4 is 11.6 Å². The minimum Gasteiger partial charge on any atom is -0.384 e. The van der Waals surface area contributed by atoms with Crippen LogP contribution in [0.15, 0.2) is 30.3 Å². The lowest BCUT2D eigenvalue weighted by atomic mass is 9.98. The average Bonchev–Trinajstić information content (AvgIpc) is 2.28. The third kappa shape index (κ3) is 2.62. The van der Waals surface area contributed by atoms with E-state index in [1.165, 1.54) is 6.07 Å². The fourth-order valence-electron chi connectivity index (χ4n) is 1.86. The summed E-state index contributed by atoms with van der Waals surface area (Å²) < 4.78 is 37.7. The summed E-state index contributed by atoms with van der Waals surface area (Å²) in [6.07, 6.45) is -4.35. The van der Waals surface area contributed by atoms with E-state index >= 15 is 0 Å². The highest BCUT2D eigenvalue weighted by molar-refractivity contribution is 5.77. The SMILES string of the molecule is Cc1cc(C(F)(F)F)ccc1-c1ccc(N)nc1N. The zero-order chi connectivity index (χ0) is 14.2. The Bertz CT molecular complexity index is 621. The normalized spacial score (nSPS) is 11.6. The van der Waals surface area contributed by atoms with Crippen molar-refractivity contribution in [3.63, 3.8) is 0 Å². The summed E-state index contributed by atoms with van der Waals surface area (Å²) in [7, 11) is 0. The molecule has 3 nitrogen and oxygen atoms in total. The van der Waals surface area contributed by atoms with Crippen molar-refractivity contribution in [2.45, 2.75) is 13.1 Å². The second kappa shape index (κ2) is 4.46. The number of benzene rings is 1. The lowest BCUT2D eigenvalue weighted by Crippen LogP contribution is -2.05. The van der Waals surface area contributed by atoms with E-state index in [0.717, 1.165) is 12.1 Å². The van der Waals surface area contributed by atoms with Crippen molar-refractivity contribution < 1.29 is 13.2 Å². The predicted octanol–water partition coefficient (Wildman–Crippen LogP) is 3.24. The maximum absolute atomic E-state index is 12.6. The summed E-state index contributed by atoms with van der Waals surface area (Å²) in [5.74, 6) is 0.466. The quantitative estimate of drug-likeness (QED) is 0.833. The fraction of sp³-hybridized carbons (Fsp3) is 0.154. The van der Waals surface area contributed by atoms with Gasteiger partial charge in [0.2, 0.25) is 0 Å². The molecule has 1 aromatic carbocycles. The molecule has 0 fully saturated rings. The molecule has 0 aliphatic carbocycles. The molecule has 0 aliphatic rings. The minimum absolute atomic E-state index is 0.197. The Balaban J connectivity index is 2.52. The number of nitrogens with two attached hydrogens (primary N) is 2. The molecule has 100 valence electrons. The Morgan fingerprint density at radius 3 is 2.16 bits per heavy atom. The highest BCUT2D eigenvalue weighted by Crippen LogP contribution is 2.34. The van der Waals surface area contributed by atoms with Gasteiger partial charge in [-0.15, -0.1) is 0 Å². The van der Waals surface area contributed by atoms with E-state index in [1.54, 1.807) is 19.1 Å². The number of aryl methyl sites for hydroxylation is 1. The first kappa shape index (κ1) is 13.2. The van der Waals surface area contributed by atoms with Crippen LogP contribution in [0.5, 0.6) is 0 Å². The van der Waals surface area contributed by atoms with Crippen LogP contribution < -0.4 is 11.5 Å². The molecule has 2 aromatic rings. The van der Waals surface area contributed by atoms with E-state index in [2.05, 4.69) is 4.98 Å². The van der Waals surface area contributed by atoms with Gasteiger partial charge in [-0.25, -0.2) is 4.98 Å².